The summed E-state index contributed by atoms with van der Waals surface area (Å²) in [5.41, 5.74) is 7.92. The molecule has 0 fully saturated rings. The van der Waals surface area contributed by atoms with Gasteiger partial charge in [-0.15, -0.1) is 0 Å². The smallest absolute Gasteiger partial charge is 0.391 e. The van der Waals surface area contributed by atoms with E-state index in [1.54, 1.807) is 0 Å². The monoisotopic (exact) mass is 373 g/mol. The van der Waals surface area contributed by atoms with Crippen LogP contribution in [0.3, 0.4) is 0 Å². The fourth-order valence-electron chi connectivity index (χ4n) is 2.64. The maximum Gasteiger partial charge on any atom is 0.469 e. The molecule has 1 aromatic rings. The van der Waals surface area contributed by atoms with Gasteiger partial charge >= 0.3 is 7.82 Å². The van der Waals surface area contributed by atoms with Crippen LogP contribution in [-0.4, -0.2) is 33.6 Å². The molecule has 5 N–H and O–H groups in total. The molecular formula is C18H32NO5P. The molecule has 0 bridgehead atoms. The van der Waals surface area contributed by atoms with Crippen LogP contribution in [0, 0.1) is 0 Å². The van der Waals surface area contributed by atoms with E-state index < -0.39 is 20.0 Å². The molecule has 0 aliphatic rings. The largest absolute Gasteiger partial charge is 0.469 e. The highest BCUT2D eigenvalue weighted by Gasteiger charge is 2.21. The molecular weight excluding hydrogens is 341 g/mol. The van der Waals surface area contributed by atoms with Gasteiger partial charge in [-0.05, 0) is 30.4 Å². The Morgan fingerprint density at radius 1 is 1.04 bits per heavy atom. The first kappa shape index (κ1) is 22.3. The number of hydrogen-bond donors (Lipinski definition) is 4. The minimum absolute atomic E-state index is 0.322. The first-order valence-corrected chi connectivity index (χ1v) is 10.6. The van der Waals surface area contributed by atoms with Gasteiger partial charge in [0.15, 0.2) is 0 Å². The van der Waals surface area contributed by atoms with Crippen LogP contribution in [0.4, 0.5) is 0 Å². The van der Waals surface area contributed by atoms with Gasteiger partial charge in [-0.2, -0.15) is 0 Å². The van der Waals surface area contributed by atoms with E-state index >= 15 is 0 Å². The van der Waals surface area contributed by atoms with Crippen LogP contribution in [0.25, 0.3) is 0 Å². The summed E-state index contributed by atoms with van der Waals surface area (Å²) < 4.78 is 15.0. The van der Waals surface area contributed by atoms with Crippen LogP contribution in [-0.2, 0) is 21.9 Å². The summed E-state index contributed by atoms with van der Waals surface area (Å²) in [4.78, 5) is 17.3. The van der Waals surface area contributed by atoms with Crippen molar-refractivity contribution in [2.24, 2.45) is 5.73 Å². The number of aryl methyl sites for hydroxylation is 1. The van der Waals surface area contributed by atoms with Crippen LogP contribution < -0.4 is 5.73 Å². The number of hydrogen-bond acceptors (Lipinski definition) is 4. The predicted octanol–water partition coefficient (Wildman–Crippen LogP) is 2.93. The predicted molar refractivity (Wildman–Crippen MR) is 99.2 cm³/mol. The van der Waals surface area contributed by atoms with E-state index in [0.717, 1.165) is 12.0 Å². The number of rotatable bonds is 13. The number of phosphoric acid groups is 1. The van der Waals surface area contributed by atoms with E-state index in [1.807, 2.05) is 12.1 Å². The van der Waals surface area contributed by atoms with Crippen molar-refractivity contribution in [2.75, 3.05) is 6.61 Å². The average Bonchev–Trinajstić information content (AvgIpc) is 2.56. The van der Waals surface area contributed by atoms with E-state index in [2.05, 4.69) is 23.6 Å². The van der Waals surface area contributed by atoms with Gasteiger partial charge in [0.1, 0.15) is 0 Å². The van der Waals surface area contributed by atoms with Gasteiger partial charge < -0.3 is 20.6 Å². The summed E-state index contributed by atoms with van der Waals surface area (Å²) in [7, 11) is -4.56. The van der Waals surface area contributed by atoms with Crippen LogP contribution in [0.15, 0.2) is 24.3 Å². The molecule has 25 heavy (non-hydrogen) atoms. The number of aliphatic hydroxyl groups excluding tert-OH is 1. The Balaban J connectivity index is 2.32. The minimum Gasteiger partial charge on any atom is -0.391 e. The molecule has 0 radical (unpaired) electrons. The quantitative estimate of drug-likeness (QED) is 0.312. The van der Waals surface area contributed by atoms with Crippen molar-refractivity contribution in [2.45, 2.75) is 70.4 Å². The number of benzene rings is 1. The zero-order valence-corrected chi connectivity index (χ0v) is 15.9. The Labute approximate surface area is 150 Å². The highest BCUT2D eigenvalue weighted by molar-refractivity contribution is 7.46. The Hall–Kier alpha value is -0.750. The second-order valence-electron chi connectivity index (χ2n) is 6.56. The summed E-state index contributed by atoms with van der Waals surface area (Å²) in [6.45, 7) is 1.83. The minimum atomic E-state index is -4.56. The lowest BCUT2D eigenvalue weighted by atomic mass is 10.00. The first-order valence-electron chi connectivity index (χ1n) is 9.03. The van der Waals surface area contributed by atoms with E-state index in [0.29, 0.717) is 6.42 Å². The van der Waals surface area contributed by atoms with Gasteiger partial charge in [-0.3, -0.25) is 4.52 Å². The molecule has 0 aliphatic carbocycles. The van der Waals surface area contributed by atoms with E-state index in [4.69, 9.17) is 15.5 Å². The van der Waals surface area contributed by atoms with E-state index in [9.17, 15) is 9.67 Å². The Morgan fingerprint density at radius 2 is 1.60 bits per heavy atom. The Bertz CT molecular complexity index is 517. The summed E-state index contributed by atoms with van der Waals surface area (Å²) >= 11 is 0. The topological polar surface area (TPSA) is 113 Å². The molecule has 1 aromatic carbocycles. The Kier molecular flexibility index (Phi) is 10.5. The summed E-state index contributed by atoms with van der Waals surface area (Å²) in [6, 6.07) is 7.20. The second-order valence-corrected chi connectivity index (χ2v) is 7.80. The number of nitrogens with two attached hydrogens (primary N) is 1. The average molecular weight is 373 g/mol. The van der Waals surface area contributed by atoms with E-state index in [1.165, 1.54) is 44.1 Å². The highest BCUT2D eigenvalue weighted by Crippen LogP contribution is 2.35. The normalized spacial score (nSPS) is 14.4. The molecule has 0 aromatic heterocycles. The molecule has 0 spiro atoms. The third-order valence-electron chi connectivity index (χ3n) is 4.22. The van der Waals surface area contributed by atoms with Gasteiger partial charge in [0.05, 0.1) is 18.8 Å². The summed E-state index contributed by atoms with van der Waals surface area (Å²) in [5.74, 6) is 0. The third kappa shape index (κ3) is 10.8. The van der Waals surface area contributed by atoms with Crippen molar-refractivity contribution >= 4 is 7.82 Å². The van der Waals surface area contributed by atoms with Crippen LogP contribution >= 0.6 is 7.82 Å². The van der Waals surface area contributed by atoms with E-state index in [-0.39, 0.29) is 6.61 Å². The zero-order chi connectivity index (χ0) is 18.7. The molecule has 7 heteroatoms. The van der Waals surface area contributed by atoms with Crippen molar-refractivity contribution in [3.8, 4) is 0 Å². The standard InChI is InChI=1S/C18H32NO5P/c1-2-3-4-5-6-7-8-15-9-11-16(12-10-15)13-18(20)17(19)14-24-25(21,22)23/h9-12,17-18,20H,2-8,13-14,19H2,1H3,(H2,21,22,23)/t17-,18+/m0/s1. The zero-order valence-electron chi connectivity index (χ0n) is 15.0. The number of phosphoric ester groups is 1. The number of unbranched alkanes of at least 4 members (excludes halogenated alkanes) is 5. The van der Waals surface area contributed by atoms with Crippen molar-refractivity contribution in [1.29, 1.82) is 0 Å². The molecule has 0 saturated heterocycles. The molecule has 6 nitrogen and oxygen atoms in total. The fourth-order valence-corrected chi connectivity index (χ4v) is 3.00. The third-order valence-corrected chi connectivity index (χ3v) is 4.70. The lowest BCUT2D eigenvalue weighted by Crippen LogP contribution is -2.39. The van der Waals surface area contributed by atoms with Gasteiger partial charge in [0.25, 0.3) is 0 Å². The van der Waals surface area contributed by atoms with Gasteiger partial charge in [0.2, 0.25) is 0 Å². The number of aliphatic hydroxyl groups is 1. The van der Waals surface area contributed by atoms with Crippen molar-refractivity contribution in [1.82, 2.24) is 0 Å². The maximum atomic E-state index is 10.6. The van der Waals surface area contributed by atoms with Crippen LogP contribution in [0.1, 0.15) is 56.6 Å². The fraction of sp³-hybridized carbons (Fsp3) is 0.667. The Morgan fingerprint density at radius 3 is 2.20 bits per heavy atom. The van der Waals surface area contributed by atoms with Crippen LogP contribution in [0.5, 0.6) is 0 Å². The van der Waals surface area contributed by atoms with Gasteiger partial charge in [0, 0.05) is 0 Å². The molecule has 0 unspecified atom stereocenters. The molecule has 0 saturated carbocycles. The highest BCUT2D eigenvalue weighted by atomic mass is 31.2. The van der Waals surface area contributed by atoms with Gasteiger partial charge in [-0.25, -0.2) is 4.57 Å². The summed E-state index contributed by atoms with van der Waals surface area (Å²) in [6.07, 6.45) is 8.11. The molecule has 0 aliphatic heterocycles. The molecule has 0 heterocycles. The molecule has 2 atom stereocenters. The molecule has 0 amide bonds. The second kappa shape index (κ2) is 11.8. The van der Waals surface area contributed by atoms with Crippen molar-refractivity contribution < 1.29 is 24.0 Å². The van der Waals surface area contributed by atoms with Crippen molar-refractivity contribution in [3.05, 3.63) is 35.4 Å². The van der Waals surface area contributed by atoms with Gasteiger partial charge in [-0.1, -0.05) is 63.3 Å². The van der Waals surface area contributed by atoms with Crippen LogP contribution in [0.2, 0.25) is 0 Å². The molecule has 144 valence electrons. The SMILES string of the molecule is CCCCCCCCc1ccc(C[C@@H](O)[C@@H](N)COP(=O)(O)O)cc1. The molecule has 1 rings (SSSR count). The lowest BCUT2D eigenvalue weighted by Gasteiger charge is -2.19. The maximum absolute atomic E-state index is 10.6. The first-order chi connectivity index (χ1) is 11.8. The summed E-state index contributed by atoms with van der Waals surface area (Å²) in [5, 5.41) is 10.0. The van der Waals surface area contributed by atoms with Crippen molar-refractivity contribution in [3.63, 3.8) is 0 Å². The lowest BCUT2D eigenvalue weighted by molar-refractivity contribution is 0.102.